The van der Waals surface area contributed by atoms with E-state index in [-0.39, 0.29) is 11.3 Å². The molecular weight excluding hydrogens is 234 g/mol. The van der Waals surface area contributed by atoms with Crippen molar-refractivity contribution in [2.75, 3.05) is 13.1 Å². The standard InChI is InChI=1S/C12H19N3OS/c1-9-15-10(8-17-9)7-14-11(16)12(2)3-5-13-6-4-12/h8,13H,3-7H2,1-2H3,(H,14,16). The van der Waals surface area contributed by atoms with Crippen molar-refractivity contribution in [2.45, 2.75) is 33.2 Å². The number of aryl methyl sites for hydroxylation is 1. The number of carbonyl (C=O) groups excluding carboxylic acids is 1. The van der Waals surface area contributed by atoms with Crippen molar-refractivity contribution in [2.24, 2.45) is 5.41 Å². The summed E-state index contributed by atoms with van der Waals surface area (Å²) in [5.41, 5.74) is 0.745. The van der Waals surface area contributed by atoms with Crippen molar-refractivity contribution in [1.29, 1.82) is 0 Å². The molecule has 2 rings (SSSR count). The highest BCUT2D eigenvalue weighted by Gasteiger charge is 2.34. The molecule has 2 N–H and O–H groups in total. The van der Waals surface area contributed by atoms with Crippen molar-refractivity contribution in [1.82, 2.24) is 15.6 Å². The number of nitrogens with zero attached hydrogens (tertiary/aromatic N) is 1. The molecule has 0 aromatic carbocycles. The van der Waals surface area contributed by atoms with Gasteiger partial charge in [0.1, 0.15) is 0 Å². The van der Waals surface area contributed by atoms with Gasteiger partial charge in [0.05, 0.1) is 17.2 Å². The van der Waals surface area contributed by atoms with Crippen LogP contribution in [0.15, 0.2) is 5.38 Å². The lowest BCUT2D eigenvalue weighted by Crippen LogP contribution is -2.45. The molecular formula is C12H19N3OS. The van der Waals surface area contributed by atoms with Crippen LogP contribution in [0.5, 0.6) is 0 Å². The van der Waals surface area contributed by atoms with Crippen LogP contribution in [0.25, 0.3) is 0 Å². The summed E-state index contributed by atoms with van der Waals surface area (Å²) in [5, 5.41) is 9.33. The van der Waals surface area contributed by atoms with Crippen LogP contribution in [0.4, 0.5) is 0 Å². The first-order chi connectivity index (χ1) is 8.10. The van der Waals surface area contributed by atoms with Gasteiger partial charge >= 0.3 is 0 Å². The average Bonchev–Trinajstić information content (AvgIpc) is 2.73. The van der Waals surface area contributed by atoms with Crippen molar-refractivity contribution in [3.8, 4) is 0 Å². The number of thiazole rings is 1. The second kappa shape index (κ2) is 5.14. The van der Waals surface area contributed by atoms with Gasteiger partial charge in [-0.05, 0) is 32.9 Å². The smallest absolute Gasteiger partial charge is 0.226 e. The Morgan fingerprint density at radius 2 is 2.29 bits per heavy atom. The second-order valence-electron chi connectivity index (χ2n) is 4.85. The van der Waals surface area contributed by atoms with Crippen molar-refractivity contribution < 1.29 is 4.79 Å². The van der Waals surface area contributed by atoms with E-state index >= 15 is 0 Å². The number of piperidine rings is 1. The number of hydrogen-bond donors (Lipinski definition) is 2. The number of amides is 1. The van der Waals surface area contributed by atoms with Crippen LogP contribution in [0.2, 0.25) is 0 Å². The highest BCUT2D eigenvalue weighted by atomic mass is 32.1. The molecule has 1 saturated heterocycles. The molecule has 0 radical (unpaired) electrons. The maximum atomic E-state index is 12.1. The Morgan fingerprint density at radius 3 is 2.88 bits per heavy atom. The van der Waals surface area contributed by atoms with Gasteiger partial charge < -0.3 is 10.6 Å². The second-order valence-corrected chi connectivity index (χ2v) is 5.91. The van der Waals surface area contributed by atoms with E-state index in [1.165, 1.54) is 0 Å². The third-order valence-corrected chi connectivity index (χ3v) is 4.17. The number of aromatic nitrogens is 1. The van der Waals surface area contributed by atoms with E-state index in [9.17, 15) is 4.79 Å². The molecule has 0 saturated carbocycles. The largest absolute Gasteiger partial charge is 0.350 e. The molecule has 1 aromatic rings. The van der Waals surface area contributed by atoms with Crippen LogP contribution in [-0.2, 0) is 11.3 Å². The highest BCUT2D eigenvalue weighted by molar-refractivity contribution is 7.09. The third kappa shape index (κ3) is 3.04. The third-order valence-electron chi connectivity index (χ3n) is 3.35. The first-order valence-electron chi connectivity index (χ1n) is 6.00. The maximum Gasteiger partial charge on any atom is 0.226 e. The normalized spacial score (nSPS) is 18.9. The Labute approximate surface area is 106 Å². The Morgan fingerprint density at radius 1 is 1.59 bits per heavy atom. The van der Waals surface area contributed by atoms with Crippen LogP contribution < -0.4 is 10.6 Å². The van der Waals surface area contributed by atoms with Crippen molar-refractivity contribution >= 4 is 17.2 Å². The predicted molar refractivity (Wildman–Crippen MR) is 68.9 cm³/mol. The van der Waals surface area contributed by atoms with Gasteiger partial charge in [0.15, 0.2) is 0 Å². The molecule has 94 valence electrons. The lowest BCUT2D eigenvalue weighted by molar-refractivity contribution is -0.131. The number of nitrogens with one attached hydrogen (secondary N) is 2. The number of hydrogen-bond acceptors (Lipinski definition) is 4. The van der Waals surface area contributed by atoms with Gasteiger partial charge in [-0.1, -0.05) is 6.92 Å². The van der Waals surface area contributed by atoms with E-state index in [0.29, 0.717) is 6.54 Å². The molecule has 1 amide bonds. The van der Waals surface area contributed by atoms with E-state index in [1.807, 2.05) is 12.3 Å². The molecule has 4 nitrogen and oxygen atoms in total. The molecule has 1 aliphatic rings. The molecule has 5 heteroatoms. The molecule has 0 aliphatic carbocycles. The van der Waals surface area contributed by atoms with E-state index in [2.05, 4.69) is 22.5 Å². The molecule has 1 aromatic heterocycles. The van der Waals surface area contributed by atoms with E-state index in [1.54, 1.807) is 11.3 Å². The van der Waals surface area contributed by atoms with Crippen LogP contribution in [0.3, 0.4) is 0 Å². The molecule has 0 atom stereocenters. The summed E-state index contributed by atoms with van der Waals surface area (Å²) < 4.78 is 0. The molecule has 1 fully saturated rings. The fourth-order valence-corrected chi connectivity index (χ4v) is 2.69. The zero-order chi connectivity index (χ0) is 12.3. The Balaban J connectivity index is 1.88. The minimum absolute atomic E-state index is 0.157. The Hall–Kier alpha value is -0.940. The van der Waals surface area contributed by atoms with Gasteiger partial charge in [0, 0.05) is 10.8 Å². The summed E-state index contributed by atoms with van der Waals surface area (Å²) in [5.74, 6) is 0.157. The number of carbonyl (C=O) groups is 1. The molecule has 1 aliphatic heterocycles. The van der Waals surface area contributed by atoms with Crippen LogP contribution in [-0.4, -0.2) is 24.0 Å². The summed E-state index contributed by atoms with van der Waals surface area (Å²) in [4.78, 5) is 16.5. The maximum absolute atomic E-state index is 12.1. The zero-order valence-corrected chi connectivity index (χ0v) is 11.2. The minimum Gasteiger partial charge on any atom is -0.350 e. The monoisotopic (exact) mass is 253 g/mol. The van der Waals surface area contributed by atoms with Crippen LogP contribution in [0.1, 0.15) is 30.5 Å². The lowest BCUT2D eigenvalue weighted by Gasteiger charge is -2.32. The molecule has 0 spiro atoms. The SMILES string of the molecule is Cc1nc(CNC(=O)C2(C)CCNCC2)cs1. The van der Waals surface area contributed by atoms with E-state index < -0.39 is 0 Å². The van der Waals surface area contributed by atoms with Gasteiger partial charge in [0.25, 0.3) is 0 Å². The summed E-state index contributed by atoms with van der Waals surface area (Å²) in [6, 6.07) is 0. The topological polar surface area (TPSA) is 54.0 Å². The van der Waals surface area contributed by atoms with Gasteiger partial charge in [-0.2, -0.15) is 0 Å². The highest BCUT2D eigenvalue weighted by Crippen LogP contribution is 2.28. The number of rotatable bonds is 3. The van der Waals surface area contributed by atoms with Gasteiger partial charge in [0.2, 0.25) is 5.91 Å². The Kier molecular flexibility index (Phi) is 3.79. The first kappa shape index (κ1) is 12.5. The van der Waals surface area contributed by atoms with E-state index in [0.717, 1.165) is 36.6 Å². The summed E-state index contributed by atoms with van der Waals surface area (Å²) >= 11 is 1.62. The summed E-state index contributed by atoms with van der Waals surface area (Å²) in [7, 11) is 0. The van der Waals surface area contributed by atoms with Crippen LogP contribution >= 0.6 is 11.3 Å². The molecule has 0 unspecified atom stereocenters. The molecule has 17 heavy (non-hydrogen) atoms. The van der Waals surface area contributed by atoms with Crippen molar-refractivity contribution in [3.05, 3.63) is 16.1 Å². The Bertz CT molecular complexity index is 396. The minimum atomic E-state index is -0.212. The summed E-state index contributed by atoms with van der Waals surface area (Å²) in [6.45, 7) is 6.44. The average molecular weight is 253 g/mol. The predicted octanol–water partition coefficient (Wildman–Crippen LogP) is 1.46. The van der Waals surface area contributed by atoms with Gasteiger partial charge in [-0.25, -0.2) is 4.98 Å². The summed E-state index contributed by atoms with van der Waals surface area (Å²) in [6.07, 6.45) is 1.82. The zero-order valence-electron chi connectivity index (χ0n) is 10.4. The van der Waals surface area contributed by atoms with Crippen molar-refractivity contribution in [3.63, 3.8) is 0 Å². The van der Waals surface area contributed by atoms with E-state index in [4.69, 9.17) is 0 Å². The van der Waals surface area contributed by atoms with Gasteiger partial charge in [-0.15, -0.1) is 11.3 Å². The van der Waals surface area contributed by atoms with Gasteiger partial charge in [-0.3, -0.25) is 4.79 Å². The fraction of sp³-hybridized carbons (Fsp3) is 0.667. The first-order valence-corrected chi connectivity index (χ1v) is 6.88. The quantitative estimate of drug-likeness (QED) is 0.857. The molecule has 2 heterocycles. The van der Waals surface area contributed by atoms with Crippen LogP contribution in [0, 0.1) is 12.3 Å². The molecule has 0 bridgehead atoms. The fourth-order valence-electron chi connectivity index (χ4n) is 2.08. The lowest BCUT2D eigenvalue weighted by atomic mass is 9.80.